The third-order valence-electron chi connectivity index (χ3n) is 5.16. The van der Waals surface area contributed by atoms with Crippen molar-refractivity contribution in [3.8, 4) is 0 Å². The molecule has 3 nitrogen and oxygen atoms in total. The van der Waals surface area contributed by atoms with Crippen molar-refractivity contribution in [2.75, 3.05) is 20.6 Å². The summed E-state index contributed by atoms with van der Waals surface area (Å²) in [6.45, 7) is 8.07. The van der Waals surface area contributed by atoms with E-state index in [9.17, 15) is 5.21 Å². The van der Waals surface area contributed by atoms with E-state index in [0.717, 1.165) is 12.3 Å². The molecule has 0 aromatic rings. The number of fused-ring (bicyclic) bond motifs is 2. The van der Waals surface area contributed by atoms with E-state index >= 15 is 0 Å². The van der Waals surface area contributed by atoms with Gasteiger partial charge in [0, 0.05) is 18.4 Å². The van der Waals surface area contributed by atoms with Gasteiger partial charge < -0.3 is 10.1 Å². The van der Waals surface area contributed by atoms with Crippen LogP contribution in [0.2, 0.25) is 0 Å². The summed E-state index contributed by atoms with van der Waals surface area (Å²) in [5.41, 5.74) is 1.45. The molecule has 16 heavy (non-hydrogen) atoms. The van der Waals surface area contributed by atoms with Gasteiger partial charge in [0.2, 0.25) is 0 Å². The van der Waals surface area contributed by atoms with E-state index in [1.807, 2.05) is 0 Å². The van der Waals surface area contributed by atoms with E-state index in [2.05, 4.69) is 44.9 Å². The molecule has 0 aromatic carbocycles. The summed E-state index contributed by atoms with van der Waals surface area (Å²) in [5, 5.41) is 12.8. The minimum absolute atomic E-state index is 0.388. The van der Waals surface area contributed by atoms with Crippen molar-refractivity contribution < 1.29 is 5.21 Å². The average Bonchev–Trinajstić information content (AvgIpc) is 2.63. The molecule has 0 spiro atoms. The molecule has 3 heteroatoms. The summed E-state index contributed by atoms with van der Waals surface area (Å²) in [4.78, 5) is 2.21. The van der Waals surface area contributed by atoms with Gasteiger partial charge in [0.25, 0.3) is 0 Å². The van der Waals surface area contributed by atoms with Crippen LogP contribution in [-0.2, 0) is 0 Å². The van der Waals surface area contributed by atoms with E-state index < -0.39 is 0 Å². The second kappa shape index (κ2) is 3.73. The quantitative estimate of drug-likeness (QED) is 0.577. The van der Waals surface area contributed by atoms with Gasteiger partial charge in [0.05, 0.1) is 5.71 Å². The lowest BCUT2D eigenvalue weighted by Gasteiger charge is -2.41. The number of hydrogen-bond donors (Lipinski definition) is 1. The summed E-state index contributed by atoms with van der Waals surface area (Å²) in [7, 11) is 4.19. The minimum atomic E-state index is 0.388. The third kappa shape index (κ3) is 1.48. The molecule has 4 atom stereocenters. The van der Waals surface area contributed by atoms with Gasteiger partial charge in [-0.05, 0) is 37.8 Å². The predicted molar refractivity (Wildman–Crippen MR) is 65.8 cm³/mol. The first-order valence-corrected chi connectivity index (χ1v) is 6.26. The zero-order chi connectivity index (χ0) is 12.1. The van der Waals surface area contributed by atoms with E-state index in [-0.39, 0.29) is 0 Å². The molecule has 2 fully saturated rings. The number of oxime groups is 1. The van der Waals surface area contributed by atoms with Crippen LogP contribution in [-0.4, -0.2) is 36.5 Å². The Morgan fingerprint density at radius 2 is 2.06 bits per heavy atom. The Morgan fingerprint density at radius 1 is 1.44 bits per heavy atom. The van der Waals surface area contributed by atoms with Gasteiger partial charge in [-0.15, -0.1) is 0 Å². The highest BCUT2D eigenvalue weighted by Gasteiger charge is 2.58. The van der Waals surface area contributed by atoms with Crippen LogP contribution < -0.4 is 0 Å². The molecule has 0 heterocycles. The van der Waals surface area contributed by atoms with Gasteiger partial charge in [-0.1, -0.05) is 25.9 Å². The first-order valence-electron chi connectivity index (χ1n) is 6.26. The fraction of sp³-hybridized carbons (Fsp3) is 0.923. The maximum absolute atomic E-state index is 9.23. The first kappa shape index (κ1) is 11.9. The Kier molecular flexibility index (Phi) is 2.77. The van der Waals surface area contributed by atoms with Crippen LogP contribution in [0, 0.1) is 29.1 Å². The average molecular weight is 224 g/mol. The molecule has 92 valence electrons. The van der Waals surface area contributed by atoms with Crippen LogP contribution in [0.15, 0.2) is 5.16 Å². The molecule has 0 radical (unpaired) electrons. The lowest BCUT2D eigenvalue weighted by atomic mass is 9.64. The van der Waals surface area contributed by atoms with Crippen molar-refractivity contribution in [2.24, 2.45) is 34.2 Å². The minimum Gasteiger partial charge on any atom is -0.411 e. The topological polar surface area (TPSA) is 35.8 Å². The van der Waals surface area contributed by atoms with E-state index in [1.165, 1.54) is 6.42 Å². The monoisotopic (exact) mass is 224 g/mol. The molecule has 2 bridgehead atoms. The van der Waals surface area contributed by atoms with Gasteiger partial charge in [-0.25, -0.2) is 0 Å². The number of rotatable bonds is 2. The molecule has 0 aromatic heterocycles. The Bertz CT molecular complexity index is 309. The summed E-state index contributed by atoms with van der Waals surface area (Å²) in [6, 6.07) is 0. The first-order chi connectivity index (χ1) is 7.39. The normalized spacial score (nSPS) is 43.5. The molecule has 1 N–H and O–H groups in total. The van der Waals surface area contributed by atoms with Crippen LogP contribution in [0.25, 0.3) is 0 Å². The summed E-state index contributed by atoms with van der Waals surface area (Å²) in [6.07, 6.45) is 1.21. The smallest absolute Gasteiger partial charge is 0.0651 e. The van der Waals surface area contributed by atoms with Crippen molar-refractivity contribution in [2.45, 2.75) is 27.2 Å². The molecule has 2 aliphatic carbocycles. The van der Waals surface area contributed by atoms with Crippen molar-refractivity contribution in [1.29, 1.82) is 0 Å². The highest BCUT2D eigenvalue weighted by Crippen LogP contribution is 2.60. The van der Waals surface area contributed by atoms with Crippen LogP contribution in [0.5, 0.6) is 0 Å². The molecule has 0 unspecified atom stereocenters. The number of nitrogens with zero attached hydrogens (tertiary/aromatic N) is 2. The number of hydrogen-bond acceptors (Lipinski definition) is 3. The van der Waals surface area contributed by atoms with Crippen molar-refractivity contribution >= 4 is 5.71 Å². The predicted octanol–water partition coefficient (Wildman–Crippen LogP) is 2.31. The molecular formula is C13H24N2O. The molecular weight excluding hydrogens is 200 g/mol. The fourth-order valence-electron chi connectivity index (χ4n) is 3.94. The van der Waals surface area contributed by atoms with E-state index in [0.29, 0.717) is 29.1 Å². The Labute approximate surface area is 98.5 Å². The van der Waals surface area contributed by atoms with Gasteiger partial charge in [0.1, 0.15) is 0 Å². The highest BCUT2D eigenvalue weighted by atomic mass is 16.4. The molecule has 2 aliphatic rings. The summed E-state index contributed by atoms with van der Waals surface area (Å²) >= 11 is 0. The van der Waals surface area contributed by atoms with Crippen molar-refractivity contribution in [3.63, 3.8) is 0 Å². The van der Waals surface area contributed by atoms with Crippen molar-refractivity contribution in [1.82, 2.24) is 4.90 Å². The third-order valence-corrected chi connectivity index (χ3v) is 5.16. The van der Waals surface area contributed by atoms with Crippen LogP contribution in [0.4, 0.5) is 0 Å². The molecule has 0 saturated heterocycles. The van der Waals surface area contributed by atoms with Gasteiger partial charge in [-0.3, -0.25) is 0 Å². The van der Waals surface area contributed by atoms with E-state index in [1.54, 1.807) is 0 Å². The Balaban J connectivity index is 2.27. The summed E-state index contributed by atoms with van der Waals surface area (Å²) < 4.78 is 0. The lowest BCUT2D eigenvalue weighted by molar-refractivity contribution is 0.128. The summed E-state index contributed by atoms with van der Waals surface area (Å²) in [5.74, 6) is 2.29. The molecule has 0 aliphatic heterocycles. The standard InChI is InChI=1S/C13H24N2O/c1-8-9-6-11(13(8,2)3)10(7-15(4)5)12(9)14-16/h8-11,16H,6-7H2,1-5H3/t8-,9-,10+,11+/m1/s1. The molecule has 2 saturated carbocycles. The van der Waals surface area contributed by atoms with Crippen LogP contribution in [0.3, 0.4) is 0 Å². The van der Waals surface area contributed by atoms with Crippen LogP contribution >= 0.6 is 0 Å². The largest absolute Gasteiger partial charge is 0.411 e. The van der Waals surface area contributed by atoms with Gasteiger partial charge >= 0.3 is 0 Å². The Morgan fingerprint density at radius 3 is 2.56 bits per heavy atom. The van der Waals surface area contributed by atoms with Gasteiger partial charge in [0.15, 0.2) is 0 Å². The second-order valence-electron chi connectivity index (χ2n) is 6.45. The van der Waals surface area contributed by atoms with Crippen molar-refractivity contribution in [3.05, 3.63) is 0 Å². The van der Waals surface area contributed by atoms with E-state index in [4.69, 9.17) is 0 Å². The highest BCUT2D eigenvalue weighted by molar-refractivity contribution is 5.92. The lowest BCUT2D eigenvalue weighted by Crippen LogP contribution is -2.43. The SMILES string of the molecule is C[C@@H]1[C@H]2C[C@@H]([C@H](CN(C)C)C2=NO)C1(C)C. The fourth-order valence-corrected chi connectivity index (χ4v) is 3.94. The molecule has 2 rings (SSSR count). The van der Waals surface area contributed by atoms with Gasteiger partial charge in [-0.2, -0.15) is 0 Å². The molecule has 0 amide bonds. The Hall–Kier alpha value is -0.570. The maximum atomic E-state index is 9.23. The van der Waals surface area contributed by atoms with Crippen LogP contribution in [0.1, 0.15) is 27.2 Å². The zero-order valence-electron chi connectivity index (χ0n) is 11.1. The zero-order valence-corrected chi connectivity index (χ0v) is 11.1. The maximum Gasteiger partial charge on any atom is 0.0651 e. The second-order valence-corrected chi connectivity index (χ2v) is 6.45.